The molecule has 0 unspecified atom stereocenters. The number of phenols is 1. The van der Waals surface area contributed by atoms with E-state index in [1.54, 1.807) is 29.2 Å². The highest BCUT2D eigenvalue weighted by Gasteiger charge is 2.18. The van der Waals surface area contributed by atoms with Crippen LogP contribution >= 0.6 is 0 Å². The smallest absolute Gasteiger partial charge is 0.226 e. The van der Waals surface area contributed by atoms with Crippen molar-refractivity contribution in [1.82, 2.24) is 0 Å². The van der Waals surface area contributed by atoms with E-state index in [9.17, 15) is 4.79 Å². The number of aromatic hydroxyl groups is 1. The molecule has 1 heterocycles. The summed E-state index contributed by atoms with van der Waals surface area (Å²) >= 11 is 0. The number of anilines is 1. The number of benzene rings is 1. The molecular formula is C11H13NO2. The number of hydrogen-bond donors (Lipinski definition) is 1. The second kappa shape index (κ2) is 3.70. The highest BCUT2D eigenvalue weighted by atomic mass is 16.3. The first kappa shape index (κ1) is 9.06. The van der Waals surface area contributed by atoms with Gasteiger partial charge in [-0.05, 0) is 37.1 Å². The minimum atomic E-state index is 0.182. The van der Waals surface area contributed by atoms with E-state index in [4.69, 9.17) is 5.11 Å². The van der Waals surface area contributed by atoms with Crippen molar-refractivity contribution in [3.05, 3.63) is 24.3 Å². The van der Waals surface area contributed by atoms with E-state index < -0.39 is 0 Å². The molecule has 0 saturated carbocycles. The van der Waals surface area contributed by atoms with E-state index in [2.05, 4.69) is 0 Å². The van der Waals surface area contributed by atoms with E-state index in [-0.39, 0.29) is 11.7 Å². The lowest BCUT2D eigenvalue weighted by atomic mass is 10.1. The Labute approximate surface area is 83.0 Å². The van der Waals surface area contributed by atoms with Gasteiger partial charge >= 0.3 is 0 Å². The van der Waals surface area contributed by atoms with Crippen LogP contribution in [0, 0.1) is 0 Å². The maximum absolute atomic E-state index is 11.5. The number of piperidine rings is 1. The van der Waals surface area contributed by atoms with Crippen molar-refractivity contribution in [1.29, 1.82) is 0 Å². The summed E-state index contributed by atoms with van der Waals surface area (Å²) in [7, 11) is 0. The summed E-state index contributed by atoms with van der Waals surface area (Å²) < 4.78 is 0. The minimum absolute atomic E-state index is 0.182. The van der Waals surface area contributed by atoms with Gasteiger partial charge in [0.05, 0.1) is 0 Å². The molecule has 1 aromatic rings. The third-order valence-electron chi connectivity index (χ3n) is 2.48. The van der Waals surface area contributed by atoms with Gasteiger partial charge in [0.2, 0.25) is 5.91 Å². The summed E-state index contributed by atoms with van der Waals surface area (Å²) in [5.74, 6) is 0.417. The molecule has 74 valence electrons. The van der Waals surface area contributed by atoms with Gasteiger partial charge in [-0.25, -0.2) is 0 Å². The van der Waals surface area contributed by atoms with E-state index in [0.717, 1.165) is 25.1 Å². The lowest BCUT2D eigenvalue weighted by Crippen LogP contribution is -2.35. The lowest BCUT2D eigenvalue weighted by Gasteiger charge is -2.26. The van der Waals surface area contributed by atoms with Crippen LogP contribution in [0.5, 0.6) is 5.75 Å². The summed E-state index contributed by atoms with van der Waals surface area (Å²) in [4.78, 5) is 13.3. The second-order valence-electron chi connectivity index (χ2n) is 3.52. The van der Waals surface area contributed by atoms with Crippen LogP contribution in [0.15, 0.2) is 24.3 Å². The van der Waals surface area contributed by atoms with Gasteiger partial charge in [-0.2, -0.15) is 0 Å². The van der Waals surface area contributed by atoms with E-state index >= 15 is 0 Å². The topological polar surface area (TPSA) is 40.5 Å². The first-order valence-corrected chi connectivity index (χ1v) is 4.87. The molecule has 1 aliphatic heterocycles. The van der Waals surface area contributed by atoms with Crippen LogP contribution in [0.25, 0.3) is 0 Å². The first-order valence-electron chi connectivity index (χ1n) is 4.87. The SMILES string of the molecule is O=C1CCCCN1c1ccc(O)cc1. The maximum Gasteiger partial charge on any atom is 0.226 e. The van der Waals surface area contributed by atoms with Gasteiger partial charge in [-0.1, -0.05) is 0 Å². The average Bonchev–Trinajstić information content (AvgIpc) is 2.20. The Hall–Kier alpha value is -1.51. The van der Waals surface area contributed by atoms with Crippen LogP contribution in [0.2, 0.25) is 0 Å². The predicted octanol–water partition coefficient (Wildman–Crippen LogP) is 1.91. The van der Waals surface area contributed by atoms with Crippen molar-refractivity contribution in [3.8, 4) is 5.75 Å². The molecule has 0 aliphatic carbocycles. The standard InChI is InChI=1S/C11H13NO2/c13-10-6-4-9(5-7-10)12-8-2-1-3-11(12)14/h4-7,13H,1-3,8H2. The van der Waals surface area contributed by atoms with Crippen LogP contribution in [-0.4, -0.2) is 17.6 Å². The number of amides is 1. The molecule has 0 bridgehead atoms. The summed E-state index contributed by atoms with van der Waals surface area (Å²) in [6.45, 7) is 0.795. The van der Waals surface area contributed by atoms with Crippen molar-refractivity contribution >= 4 is 11.6 Å². The van der Waals surface area contributed by atoms with Gasteiger partial charge in [-0.15, -0.1) is 0 Å². The van der Waals surface area contributed by atoms with Crippen LogP contribution < -0.4 is 4.90 Å². The maximum atomic E-state index is 11.5. The Morgan fingerprint density at radius 2 is 1.86 bits per heavy atom. The third kappa shape index (κ3) is 1.71. The number of nitrogens with zero attached hydrogens (tertiary/aromatic N) is 1. The number of hydrogen-bond acceptors (Lipinski definition) is 2. The van der Waals surface area contributed by atoms with Crippen LogP contribution in [0.3, 0.4) is 0 Å². The Morgan fingerprint density at radius 1 is 1.14 bits per heavy atom. The predicted molar refractivity (Wildman–Crippen MR) is 54.3 cm³/mol. The summed E-state index contributed by atoms with van der Waals surface area (Å²) in [5, 5.41) is 9.12. The highest BCUT2D eigenvalue weighted by molar-refractivity contribution is 5.93. The van der Waals surface area contributed by atoms with Gasteiger partial charge < -0.3 is 10.0 Å². The Kier molecular flexibility index (Phi) is 2.39. The van der Waals surface area contributed by atoms with Crippen LogP contribution in [0.1, 0.15) is 19.3 Å². The monoisotopic (exact) mass is 191 g/mol. The largest absolute Gasteiger partial charge is 0.508 e. The molecule has 2 rings (SSSR count). The molecule has 1 aliphatic rings. The Bertz CT molecular complexity index is 332. The van der Waals surface area contributed by atoms with Gasteiger partial charge in [0.15, 0.2) is 0 Å². The second-order valence-corrected chi connectivity index (χ2v) is 3.52. The quantitative estimate of drug-likeness (QED) is 0.736. The average molecular weight is 191 g/mol. The van der Waals surface area contributed by atoms with Crippen molar-refractivity contribution in [2.45, 2.75) is 19.3 Å². The molecule has 0 radical (unpaired) electrons. The summed E-state index contributed by atoms with van der Waals surface area (Å²) in [5.41, 5.74) is 0.882. The fraction of sp³-hybridized carbons (Fsp3) is 0.364. The van der Waals surface area contributed by atoms with Crippen molar-refractivity contribution in [2.24, 2.45) is 0 Å². The fourth-order valence-corrected chi connectivity index (χ4v) is 1.71. The Morgan fingerprint density at radius 3 is 2.50 bits per heavy atom. The summed E-state index contributed by atoms with van der Waals surface area (Å²) in [6, 6.07) is 6.77. The fourth-order valence-electron chi connectivity index (χ4n) is 1.71. The molecule has 0 spiro atoms. The van der Waals surface area contributed by atoms with Crippen molar-refractivity contribution < 1.29 is 9.90 Å². The van der Waals surface area contributed by atoms with E-state index in [0.29, 0.717) is 6.42 Å². The zero-order valence-electron chi connectivity index (χ0n) is 7.94. The molecule has 14 heavy (non-hydrogen) atoms. The molecule has 1 aromatic carbocycles. The molecule has 1 amide bonds. The normalized spacial score (nSPS) is 17.1. The van der Waals surface area contributed by atoms with Gasteiger partial charge in [0.1, 0.15) is 5.75 Å². The van der Waals surface area contributed by atoms with Gasteiger partial charge in [-0.3, -0.25) is 4.79 Å². The van der Waals surface area contributed by atoms with Gasteiger partial charge in [0.25, 0.3) is 0 Å². The number of carbonyl (C=O) groups excluding carboxylic acids is 1. The number of carbonyl (C=O) groups is 1. The Balaban J connectivity index is 2.20. The molecule has 1 fully saturated rings. The van der Waals surface area contributed by atoms with Gasteiger partial charge in [0, 0.05) is 18.7 Å². The minimum Gasteiger partial charge on any atom is -0.508 e. The van der Waals surface area contributed by atoms with Crippen molar-refractivity contribution in [3.63, 3.8) is 0 Å². The number of phenolic OH excluding ortho intramolecular Hbond substituents is 1. The molecule has 1 N–H and O–H groups in total. The van der Waals surface area contributed by atoms with E-state index in [1.807, 2.05) is 0 Å². The van der Waals surface area contributed by atoms with Crippen LogP contribution in [-0.2, 0) is 4.79 Å². The zero-order chi connectivity index (χ0) is 9.97. The van der Waals surface area contributed by atoms with Crippen molar-refractivity contribution in [2.75, 3.05) is 11.4 Å². The molecule has 3 nitrogen and oxygen atoms in total. The summed E-state index contributed by atoms with van der Waals surface area (Å²) in [6.07, 6.45) is 2.70. The number of rotatable bonds is 1. The molecular weight excluding hydrogens is 178 g/mol. The highest BCUT2D eigenvalue weighted by Crippen LogP contribution is 2.22. The molecule has 0 atom stereocenters. The van der Waals surface area contributed by atoms with E-state index in [1.165, 1.54) is 0 Å². The lowest BCUT2D eigenvalue weighted by molar-refractivity contribution is -0.119. The van der Waals surface area contributed by atoms with Crippen LogP contribution in [0.4, 0.5) is 5.69 Å². The molecule has 3 heteroatoms. The first-order chi connectivity index (χ1) is 6.77. The molecule has 0 aromatic heterocycles. The molecule has 1 saturated heterocycles. The zero-order valence-corrected chi connectivity index (χ0v) is 7.94. The third-order valence-corrected chi connectivity index (χ3v) is 2.48.